The van der Waals surface area contributed by atoms with Gasteiger partial charge in [-0.2, -0.15) is 0 Å². The van der Waals surface area contributed by atoms with Gasteiger partial charge in [0.15, 0.2) is 3.95 Å². The maximum Gasteiger partial charge on any atom is 0.323 e. The number of hydrogen-bond donors (Lipinski definition) is 2. The zero-order valence-electron chi connectivity index (χ0n) is 6.56. The minimum absolute atomic E-state index is 0.132. The van der Waals surface area contributed by atoms with Crippen molar-refractivity contribution in [2.45, 2.75) is 6.54 Å². The van der Waals surface area contributed by atoms with Crippen LogP contribution >= 0.6 is 23.6 Å². The Hall–Kier alpha value is -1.14. The Labute approximate surface area is 83.4 Å². The molecule has 0 aliphatic heterocycles. The van der Waals surface area contributed by atoms with Crippen LogP contribution in [0.2, 0.25) is 0 Å². The Kier molecular flexibility index (Phi) is 2.84. The highest BCUT2D eigenvalue weighted by molar-refractivity contribution is 7.73. The summed E-state index contributed by atoms with van der Waals surface area (Å²) in [5.74, 6) is -1.17. The smallest absolute Gasteiger partial charge is 0.323 e. The first-order valence-corrected chi connectivity index (χ1v) is 4.55. The molecule has 1 rings (SSSR count). The summed E-state index contributed by atoms with van der Waals surface area (Å²) < 4.78 is 1.48. The Morgan fingerprint density at radius 3 is 2.77 bits per heavy atom. The molecule has 0 radical (unpaired) electrons. The molecule has 0 spiro atoms. The summed E-state index contributed by atoms with van der Waals surface area (Å²) in [5.41, 5.74) is 0. The highest BCUT2D eigenvalue weighted by Gasteiger charge is 2.11. The molecule has 1 aromatic rings. The van der Waals surface area contributed by atoms with Gasteiger partial charge in [-0.1, -0.05) is 6.58 Å². The maximum absolute atomic E-state index is 10.4. The summed E-state index contributed by atoms with van der Waals surface area (Å²) >= 11 is 5.98. The first kappa shape index (κ1) is 9.94. The maximum atomic E-state index is 10.4. The van der Waals surface area contributed by atoms with Gasteiger partial charge in [-0.25, -0.2) is 0 Å². The third-order valence-corrected chi connectivity index (χ3v) is 2.81. The van der Waals surface area contributed by atoms with Crippen LogP contribution in [-0.4, -0.2) is 20.7 Å². The Bertz CT molecular complexity index is 404. The summed E-state index contributed by atoms with van der Waals surface area (Å²) in [6.07, 6.45) is 1.44. The second-order valence-corrected chi connectivity index (χ2v) is 3.92. The van der Waals surface area contributed by atoms with Crippen LogP contribution in [0.5, 0.6) is 5.88 Å². The van der Waals surface area contributed by atoms with E-state index >= 15 is 0 Å². The average molecular weight is 217 g/mol. The molecule has 6 heteroatoms. The van der Waals surface area contributed by atoms with E-state index in [1.807, 2.05) is 0 Å². The van der Waals surface area contributed by atoms with Gasteiger partial charge in [0.05, 0.1) is 4.88 Å². The van der Waals surface area contributed by atoms with E-state index in [1.54, 1.807) is 0 Å². The van der Waals surface area contributed by atoms with Crippen LogP contribution in [0.25, 0.3) is 6.08 Å². The Balaban J connectivity index is 3.20. The van der Waals surface area contributed by atoms with E-state index in [2.05, 4.69) is 6.58 Å². The zero-order chi connectivity index (χ0) is 10.0. The summed E-state index contributed by atoms with van der Waals surface area (Å²) in [4.78, 5) is 10.9. The molecule has 0 amide bonds. The molecule has 0 saturated carbocycles. The molecule has 0 aliphatic rings. The Morgan fingerprint density at radius 1 is 1.77 bits per heavy atom. The van der Waals surface area contributed by atoms with E-state index in [0.717, 1.165) is 15.9 Å². The zero-order valence-corrected chi connectivity index (χ0v) is 8.19. The van der Waals surface area contributed by atoms with Crippen LogP contribution in [0.4, 0.5) is 0 Å². The molecule has 2 N–H and O–H groups in total. The highest BCUT2D eigenvalue weighted by Crippen LogP contribution is 2.26. The third kappa shape index (κ3) is 1.96. The predicted octanol–water partition coefficient (Wildman–Crippen LogP) is 1.71. The van der Waals surface area contributed by atoms with Crippen LogP contribution in [0, 0.1) is 3.95 Å². The molecule has 1 heterocycles. The topological polar surface area (TPSA) is 62.5 Å². The SMILES string of the molecule is C=Cc1sc(=S)n(CC(=O)O)c1O. The molecule has 13 heavy (non-hydrogen) atoms. The van der Waals surface area contributed by atoms with Gasteiger partial charge < -0.3 is 10.2 Å². The van der Waals surface area contributed by atoms with Crippen molar-refractivity contribution < 1.29 is 15.0 Å². The van der Waals surface area contributed by atoms with Crippen molar-refractivity contribution in [3.8, 4) is 5.88 Å². The van der Waals surface area contributed by atoms with Gasteiger partial charge in [-0.3, -0.25) is 9.36 Å². The van der Waals surface area contributed by atoms with Crippen molar-refractivity contribution in [2.24, 2.45) is 0 Å². The fourth-order valence-corrected chi connectivity index (χ4v) is 1.98. The summed E-state index contributed by atoms with van der Waals surface area (Å²) in [7, 11) is 0. The van der Waals surface area contributed by atoms with Crippen LogP contribution in [-0.2, 0) is 11.3 Å². The lowest BCUT2D eigenvalue weighted by Gasteiger charge is -1.98. The van der Waals surface area contributed by atoms with Crippen LogP contribution in [0.1, 0.15) is 4.88 Å². The lowest BCUT2D eigenvalue weighted by Crippen LogP contribution is -2.07. The summed E-state index contributed by atoms with van der Waals surface area (Å²) in [5, 5.41) is 17.9. The largest absolute Gasteiger partial charge is 0.493 e. The van der Waals surface area contributed by atoms with Crippen LogP contribution in [0.15, 0.2) is 6.58 Å². The third-order valence-electron chi connectivity index (χ3n) is 1.37. The minimum Gasteiger partial charge on any atom is -0.493 e. The fraction of sp³-hybridized carbons (Fsp3) is 0.143. The molecule has 4 nitrogen and oxygen atoms in total. The second kappa shape index (κ2) is 3.71. The van der Waals surface area contributed by atoms with Crippen molar-refractivity contribution in [3.63, 3.8) is 0 Å². The monoisotopic (exact) mass is 217 g/mol. The van der Waals surface area contributed by atoms with E-state index in [4.69, 9.17) is 17.3 Å². The van der Waals surface area contributed by atoms with Crippen LogP contribution in [0.3, 0.4) is 0 Å². The van der Waals surface area contributed by atoms with Gasteiger partial charge in [0.2, 0.25) is 5.88 Å². The van der Waals surface area contributed by atoms with Gasteiger partial charge >= 0.3 is 5.97 Å². The number of aromatic nitrogens is 1. The lowest BCUT2D eigenvalue weighted by molar-refractivity contribution is -0.137. The molecule has 0 aromatic carbocycles. The number of rotatable bonds is 3. The molecule has 0 saturated heterocycles. The van der Waals surface area contributed by atoms with Crippen molar-refractivity contribution in [2.75, 3.05) is 0 Å². The fourth-order valence-electron chi connectivity index (χ4n) is 0.822. The number of aromatic hydroxyl groups is 1. The number of carboxylic acids is 1. The van der Waals surface area contributed by atoms with Gasteiger partial charge in [-0.05, 0) is 18.3 Å². The van der Waals surface area contributed by atoms with Gasteiger partial charge in [-0.15, -0.1) is 11.3 Å². The average Bonchev–Trinajstić information content (AvgIpc) is 2.31. The molecule has 0 aliphatic carbocycles. The molecule has 1 aromatic heterocycles. The first-order valence-electron chi connectivity index (χ1n) is 3.33. The number of hydrogen-bond acceptors (Lipinski definition) is 4. The molecule has 0 bridgehead atoms. The number of carboxylic acid groups (broad SMARTS) is 1. The van der Waals surface area contributed by atoms with Crippen molar-refractivity contribution in [1.29, 1.82) is 0 Å². The molecule has 0 unspecified atom stereocenters. The summed E-state index contributed by atoms with van der Waals surface area (Å²) in [6, 6.07) is 0. The standard InChI is InChI=1S/C7H7NO3S2/c1-2-4-6(11)8(3-5(9)10)7(12)13-4/h2,11H,1,3H2,(H,9,10). The van der Waals surface area contributed by atoms with E-state index in [0.29, 0.717) is 8.83 Å². The molecular weight excluding hydrogens is 210 g/mol. The molecule has 0 fully saturated rings. The molecule has 70 valence electrons. The highest BCUT2D eigenvalue weighted by atomic mass is 32.1. The predicted molar refractivity (Wildman–Crippen MR) is 52.5 cm³/mol. The normalized spacial score (nSPS) is 9.85. The Morgan fingerprint density at radius 2 is 2.38 bits per heavy atom. The quantitative estimate of drug-likeness (QED) is 0.757. The number of aliphatic carboxylic acids is 1. The molecule has 0 atom stereocenters. The lowest BCUT2D eigenvalue weighted by atomic mass is 10.5. The van der Waals surface area contributed by atoms with Crippen LogP contribution < -0.4 is 0 Å². The number of nitrogens with zero attached hydrogens (tertiary/aromatic N) is 1. The van der Waals surface area contributed by atoms with Crippen molar-refractivity contribution in [1.82, 2.24) is 4.57 Å². The van der Waals surface area contributed by atoms with Crippen molar-refractivity contribution in [3.05, 3.63) is 15.4 Å². The van der Waals surface area contributed by atoms with Gasteiger partial charge in [0, 0.05) is 0 Å². The van der Waals surface area contributed by atoms with Gasteiger partial charge in [0.25, 0.3) is 0 Å². The minimum atomic E-state index is -1.04. The number of thiazole rings is 1. The first-order chi connectivity index (χ1) is 6.06. The second-order valence-electron chi connectivity index (χ2n) is 2.24. The van der Waals surface area contributed by atoms with E-state index in [9.17, 15) is 9.90 Å². The van der Waals surface area contributed by atoms with Gasteiger partial charge in [0.1, 0.15) is 6.54 Å². The summed E-state index contributed by atoms with van der Waals surface area (Å²) in [6.45, 7) is 3.14. The van der Waals surface area contributed by atoms with E-state index in [1.165, 1.54) is 6.08 Å². The molecular formula is C7H7NO3S2. The van der Waals surface area contributed by atoms with Crippen molar-refractivity contribution >= 4 is 35.6 Å². The number of carbonyl (C=O) groups is 1. The van der Waals surface area contributed by atoms with E-state index in [-0.39, 0.29) is 12.4 Å². The van der Waals surface area contributed by atoms with E-state index < -0.39 is 5.97 Å².